The summed E-state index contributed by atoms with van der Waals surface area (Å²) in [4.78, 5) is 12.0. The Morgan fingerprint density at radius 2 is 1.87 bits per heavy atom. The largest absolute Gasteiger partial charge is 0.326 e. The molecule has 2 aromatic carbocycles. The van der Waals surface area contributed by atoms with Gasteiger partial charge in [-0.3, -0.25) is 9.00 Å². The van der Waals surface area contributed by atoms with Crippen LogP contribution in [-0.4, -0.2) is 16.4 Å². The minimum absolute atomic E-state index is 0.0730. The Hall–Kier alpha value is -1.98. The van der Waals surface area contributed by atoms with Crippen LogP contribution in [0.3, 0.4) is 0 Å². The normalized spacial score (nSPS) is 13.3. The van der Waals surface area contributed by atoms with Crippen LogP contribution < -0.4 is 10.6 Å². The number of rotatable bonds is 6. The molecule has 0 radical (unpaired) electrons. The molecule has 122 valence electrons. The van der Waals surface area contributed by atoms with Crippen LogP contribution in [0.15, 0.2) is 53.4 Å². The van der Waals surface area contributed by atoms with Crippen LogP contribution in [0, 0.1) is 0 Å². The minimum Gasteiger partial charge on any atom is -0.326 e. The van der Waals surface area contributed by atoms with Gasteiger partial charge >= 0.3 is 0 Å². The van der Waals surface area contributed by atoms with Crippen molar-refractivity contribution >= 4 is 22.4 Å². The molecule has 2 rings (SSSR count). The highest BCUT2D eigenvalue weighted by molar-refractivity contribution is 7.84. The van der Waals surface area contributed by atoms with Crippen LogP contribution in [0.5, 0.6) is 0 Å². The van der Waals surface area contributed by atoms with Crippen molar-refractivity contribution in [3.05, 3.63) is 59.7 Å². The third-order valence-corrected chi connectivity index (χ3v) is 4.51. The molecule has 0 saturated carbocycles. The van der Waals surface area contributed by atoms with Gasteiger partial charge in [-0.1, -0.05) is 24.3 Å². The lowest BCUT2D eigenvalue weighted by atomic mass is 10.1. The molecule has 2 atom stereocenters. The first-order valence-electron chi connectivity index (χ1n) is 7.49. The van der Waals surface area contributed by atoms with Gasteiger partial charge in [0.15, 0.2) is 0 Å². The molecule has 0 bridgehead atoms. The molecule has 2 aromatic rings. The molecule has 0 aromatic heterocycles. The average molecular weight is 330 g/mol. The zero-order chi connectivity index (χ0) is 16.8. The standard InChI is InChI=1S/C18H22N2O2S/c1-13(16-5-4-6-17(11-16)20-14(2)21)19-12-15-7-9-18(10-8-15)23(3)22/h4-11,13,19H,12H2,1-3H3,(H,20,21)/t13-,23+/m1/s1. The number of benzene rings is 2. The van der Waals surface area contributed by atoms with Gasteiger partial charge in [0.25, 0.3) is 0 Å². The first-order valence-corrected chi connectivity index (χ1v) is 9.05. The SMILES string of the molecule is CC(=O)Nc1cccc([C@@H](C)NCc2ccc([S@](C)=O)cc2)c1. The van der Waals surface area contributed by atoms with E-state index in [1.165, 1.54) is 6.92 Å². The lowest BCUT2D eigenvalue weighted by molar-refractivity contribution is -0.114. The van der Waals surface area contributed by atoms with E-state index in [0.717, 1.165) is 28.3 Å². The molecule has 0 saturated heterocycles. The van der Waals surface area contributed by atoms with Crippen molar-refractivity contribution in [3.8, 4) is 0 Å². The maximum absolute atomic E-state index is 11.4. The van der Waals surface area contributed by atoms with E-state index in [1.807, 2.05) is 48.5 Å². The zero-order valence-electron chi connectivity index (χ0n) is 13.6. The summed E-state index contributed by atoms with van der Waals surface area (Å²) in [5.41, 5.74) is 3.06. The molecule has 0 aliphatic heterocycles. The van der Waals surface area contributed by atoms with Crippen molar-refractivity contribution < 1.29 is 9.00 Å². The van der Waals surface area contributed by atoms with E-state index in [1.54, 1.807) is 6.26 Å². The Morgan fingerprint density at radius 1 is 1.17 bits per heavy atom. The van der Waals surface area contributed by atoms with Gasteiger partial charge in [0.1, 0.15) is 0 Å². The number of nitrogens with one attached hydrogen (secondary N) is 2. The average Bonchev–Trinajstić information content (AvgIpc) is 2.52. The quantitative estimate of drug-likeness (QED) is 0.855. The molecule has 2 N–H and O–H groups in total. The Kier molecular flexibility index (Phi) is 6.07. The fourth-order valence-corrected chi connectivity index (χ4v) is 2.80. The summed E-state index contributed by atoms with van der Waals surface area (Å²) in [6, 6.07) is 15.8. The van der Waals surface area contributed by atoms with Crippen molar-refractivity contribution in [1.82, 2.24) is 5.32 Å². The summed E-state index contributed by atoms with van der Waals surface area (Å²) < 4.78 is 11.4. The third kappa shape index (κ3) is 5.30. The van der Waals surface area contributed by atoms with Gasteiger partial charge in [-0.25, -0.2) is 0 Å². The van der Waals surface area contributed by atoms with Gasteiger partial charge in [0.2, 0.25) is 5.91 Å². The summed E-state index contributed by atoms with van der Waals surface area (Å²) in [6.45, 7) is 4.31. The Morgan fingerprint density at radius 3 is 2.48 bits per heavy atom. The van der Waals surface area contributed by atoms with E-state index in [2.05, 4.69) is 17.6 Å². The lowest BCUT2D eigenvalue weighted by Gasteiger charge is -2.15. The summed E-state index contributed by atoms with van der Waals surface area (Å²) in [5, 5.41) is 6.25. The van der Waals surface area contributed by atoms with Gasteiger partial charge in [-0.2, -0.15) is 0 Å². The molecule has 1 amide bonds. The van der Waals surface area contributed by atoms with Crippen LogP contribution in [0.4, 0.5) is 5.69 Å². The highest BCUT2D eigenvalue weighted by Gasteiger charge is 2.06. The van der Waals surface area contributed by atoms with E-state index in [9.17, 15) is 9.00 Å². The molecule has 4 nitrogen and oxygen atoms in total. The summed E-state index contributed by atoms with van der Waals surface area (Å²) in [7, 11) is -0.942. The van der Waals surface area contributed by atoms with E-state index < -0.39 is 10.8 Å². The smallest absolute Gasteiger partial charge is 0.221 e. The van der Waals surface area contributed by atoms with Gasteiger partial charge in [0.05, 0.1) is 0 Å². The molecule has 5 heteroatoms. The topological polar surface area (TPSA) is 58.2 Å². The van der Waals surface area contributed by atoms with Crippen molar-refractivity contribution in [1.29, 1.82) is 0 Å². The number of anilines is 1. The van der Waals surface area contributed by atoms with E-state index in [0.29, 0.717) is 0 Å². The van der Waals surface area contributed by atoms with Gasteiger partial charge in [0, 0.05) is 47.1 Å². The highest BCUT2D eigenvalue weighted by atomic mass is 32.2. The van der Waals surface area contributed by atoms with Gasteiger partial charge in [-0.05, 0) is 42.3 Å². The fraction of sp³-hybridized carbons (Fsp3) is 0.278. The number of hydrogen-bond donors (Lipinski definition) is 2. The van der Waals surface area contributed by atoms with E-state index >= 15 is 0 Å². The first kappa shape index (κ1) is 17.4. The van der Waals surface area contributed by atoms with Crippen LogP contribution in [0.1, 0.15) is 31.0 Å². The molecule has 0 spiro atoms. The first-order chi connectivity index (χ1) is 11.0. The molecular weight excluding hydrogens is 308 g/mol. The van der Waals surface area contributed by atoms with E-state index in [4.69, 9.17) is 0 Å². The number of carbonyl (C=O) groups excluding carboxylic acids is 1. The van der Waals surface area contributed by atoms with Crippen LogP contribution in [0.2, 0.25) is 0 Å². The predicted molar refractivity (Wildman–Crippen MR) is 94.8 cm³/mol. The minimum atomic E-state index is -0.942. The molecule has 0 heterocycles. The van der Waals surface area contributed by atoms with Crippen LogP contribution >= 0.6 is 0 Å². The number of amides is 1. The molecule has 23 heavy (non-hydrogen) atoms. The highest BCUT2D eigenvalue weighted by Crippen LogP contribution is 2.18. The van der Waals surface area contributed by atoms with Gasteiger partial charge in [-0.15, -0.1) is 0 Å². The van der Waals surface area contributed by atoms with Crippen molar-refractivity contribution in [3.63, 3.8) is 0 Å². The Labute approximate surface area is 139 Å². The summed E-state index contributed by atoms with van der Waals surface area (Å²) >= 11 is 0. The predicted octanol–water partition coefficient (Wildman–Crippen LogP) is 3.23. The van der Waals surface area contributed by atoms with Gasteiger partial charge < -0.3 is 10.6 Å². The Balaban J connectivity index is 1.97. The van der Waals surface area contributed by atoms with Crippen LogP contribution in [0.25, 0.3) is 0 Å². The fourth-order valence-electron chi connectivity index (χ4n) is 2.28. The second kappa shape index (κ2) is 8.04. The maximum Gasteiger partial charge on any atom is 0.221 e. The molecule has 0 fully saturated rings. The van der Waals surface area contributed by atoms with E-state index in [-0.39, 0.29) is 11.9 Å². The second-order valence-electron chi connectivity index (χ2n) is 5.51. The summed E-state index contributed by atoms with van der Waals surface area (Å²) in [5.74, 6) is -0.0730. The van der Waals surface area contributed by atoms with Crippen LogP contribution in [-0.2, 0) is 22.1 Å². The molecule has 0 aliphatic rings. The monoisotopic (exact) mass is 330 g/mol. The Bertz CT molecular complexity index is 698. The lowest BCUT2D eigenvalue weighted by Crippen LogP contribution is -2.18. The molecular formula is C18H22N2O2S. The van der Waals surface area contributed by atoms with Crippen molar-refractivity contribution in [2.75, 3.05) is 11.6 Å². The zero-order valence-corrected chi connectivity index (χ0v) is 14.4. The molecule has 0 unspecified atom stereocenters. The number of hydrogen-bond acceptors (Lipinski definition) is 3. The number of carbonyl (C=O) groups is 1. The summed E-state index contributed by atoms with van der Waals surface area (Å²) in [6.07, 6.45) is 1.68. The van der Waals surface area contributed by atoms with Crippen molar-refractivity contribution in [2.45, 2.75) is 31.3 Å². The van der Waals surface area contributed by atoms with Crippen molar-refractivity contribution in [2.24, 2.45) is 0 Å². The second-order valence-corrected chi connectivity index (χ2v) is 6.89. The molecule has 0 aliphatic carbocycles. The maximum atomic E-state index is 11.4. The third-order valence-electron chi connectivity index (χ3n) is 3.57.